The van der Waals surface area contributed by atoms with Crippen LogP contribution in [0.15, 0.2) is 0 Å². The summed E-state index contributed by atoms with van der Waals surface area (Å²) in [5.41, 5.74) is 0. The Morgan fingerprint density at radius 2 is 2.07 bits per heavy atom. The Morgan fingerprint density at radius 3 is 2.57 bits per heavy atom. The lowest BCUT2D eigenvalue weighted by atomic mass is 10.1. The molecule has 3 fully saturated rings. The molecule has 3 aliphatic heterocycles. The lowest BCUT2D eigenvalue weighted by Crippen LogP contribution is -2.65. The second kappa shape index (κ2) is 3.87. The van der Waals surface area contributed by atoms with E-state index in [0.29, 0.717) is 12.5 Å². The molecule has 0 aromatic carbocycles. The summed E-state index contributed by atoms with van der Waals surface area (Å²) in [6, 6.07) is 0.611. The molecular weight excluding hydrogens is 180 g/mol. The van der Waals surface area contributed by atoms with E-state index in [4.69, 9.17) is 4.74 Å². The average Bonchev–Trinajstić information content (AvgIpc) is 2.19. The maximum atomic E-state index is 11.2. The van der Waals surface area contributed by atoms with Gasteiger partial charge in [0, 0.05) is 38.6 Å². The molecule has 4 nitrogen and oxygen atoms in total. The van der Waals surface area contributed by atoms with E-state index in [1.54, 1.807) is 0 Å². The molecule has 0 aliphatic carbocycles. The number of fused-ring (bicyclic) bond motifs is 3. The van der Waals surface area contributed by atoms with Gasteiger partial charge in [0.1, 0.15) is 0 Å². The molecule has 0 amide bonds. The molecular formula is C10H18N2O2. The van der Waals surface area contributed by atoms with Gasteiger partial charge in [-0.1, -0.05) is 6.92 Å². The Balaban J connectivity index is 1.93. The first-order chi connectivity index (χ1) is 6.70. The molecule has 0 aromatic rings. The van der Waals surface area contributed by atoms with Gasteiger partial charge in [-0.25, -0.2) is 0 Å². The normalized spacial score (nSPS) is 41.0. The summed E-state index contributed by atoms with van der Waals surface area (Å²) in [6.07, 6.45) is 0.479. The Hall–Kier alpha value is -0.610. The van der Waals surface area contributed by atoms with Crippen LogP contribution in [0.25, 0.3) is 0 Å². The molecule has 2 bridgehead atoms. The molecule has 3 rings (SSSR count). The van der Waals surface area contributed by atoms with Crippen LogP contribution in [0.2, 0.25) is 0 Å². The Kier molecular flexibility index (Phi) is 2.74. The van der Waals surface area contributed by atoms with E-state index in [1.165, 1.54) is 0 Å². The number of ether oxygens (including phenoxy) is 1. The fraction of sp³-hybridized carbons (Fsp3) is 0.900. The molecule has 3 heterocycles. The number of hydrogen-bond acceptors (Lipinski definition) is 4. The van der Waals surface area contributed by atoms with E-state index in [2.05, 4.69) is 16.7 Å². The molecule has 3 aliphatic rings. The molecule has 4 heteroatoms. The third kappa shape index (κ3) is 1.77. The molecule has 4 unspecified atom stereocenters. The van der Waals surface area contributed by atoms with E-state index in [9.17, 15) is 4.79 Å². The van der Waals surface area contributed by atoms with Crippen LogP contribution in [-0.2, 0) is 9.53 Å². The zero-order chi connectivity index (χ0) is 10.1. The maximum absolute atomic E-state index is 11.2. The standard InChI is InChI=1S/C10H18N2O2/c1-3-10(13)14-9-7-11-4-5-12(9)6-8(11)2/h8-9H,3-7H2,1-2H3. The van der Waals surface area contributed by atoms with E-state index >= 15 is 0 Å². The molecule has 4 atom stereocenters. The van der Waals surface area contributed by atoms with Crippen LogP contribution in [-0.4, -0.2) is 54.2 Å². The van der Waals surface area contributed by atoms with Crippen molar-refractivity contribution in [3.63, 3.8) is 0 Å². The summed E-state index contributed by atoms with van der Waals surface area (Å²) in [5, 5.41) is 0. The van der Waals surface area contributed by atoms with Crippen molar-refractivity contribution in [3.05, 3.63) is 0 Å². The quantitative estimate of drug-likeness (QED) is 0.597. The van der Waals surface area contributed by atoms with Gasteiger partial charge in [-0.2, -0.15) is 0 Å². The van der Waals surface area contributed by atoms with Gasteiger partial charge in [0.15, 0.2) is 6.23 Å². The number of nitrogens with zero attached hydrogens (tertiary/aromatic N) is 2. The first-order valence-electron chi connectivity index (χ1n) is 5.38. The number of rotatable bonds is 2. The molecule has 0 aromatic heterocycles. The zero-order valence-electron chi connectivity index (χ0n) is 8.90. The highest BCUT2D eigenvalue weighted by molar-refractivity contribution is 5.69. The summed E-state index contributed by atoms with van der Waals surface area (Å²) < 4.78 is 5.37. The van der Waals surface area contributed by atoms with Crippen LogP contribution < -0.4 is 0 Å². The van der Waals surface area contributed by atoms with Gasteiger partial charge < -0.3 is 4.74 Å². The third-order valence-electron chi connectivity index (χ3n) is 3.15. The zero-order valence-corrected chi connectivity index (χ0v) is 8.90. The van der Waals surface area contributed by atoms with Crippen LogP contribution in [0.4, 0.5) is 0 Å². The monoisotopic (exact) mass is 198 g/mol. The predicted molar refractivity (Wildman–Crippen MR) is 52.8 cm³/mol. The van der Waals surface area contributed by atoms with Crippen molar-refractivity contribution in [2.45, 2.75) is 32.5 Å². The van der Waals surface area contributed by atoms with Crippen molar-refractivity contribution in [3.8, 4) is 0 Å². The van der Waals surface area contributed by atoms with Crippen molar-refractivity contribution in [2.24, 2.45) is 0 Å². The van der Waals surface area contributed by atoms with Crippen molar-refractivity contribution in [2.75, 3.05) is 26.2 Å². The molecule has 80 valence electrons. The van der Waals surface area contributed by atoms with Crippen molar-refractivity contribution in [1.29, 1.82) is 0 Å². The minimum absolute atomic E-state index is 0.00685. The SMILES string of the molecule is CCC(=O)OC1CN2CCN1CC2C. The summed E-state index contributed by atoms with van der Waals surface area (Å²) >= 11 is 0. The Labute approximate surface area is 84.8 Å². The molecule has 14 heavy (non-hydrogen) atoms. The maximum Gasteiger partial charge on any atom is 0.307 e. The molecule has 0 radical (unpaired) electrons. The molecule has 0 N–H and O–H groups in total. The van der Waals surface area contributed by atoms with Crippen molar-refractivity contribution >= 4 is 5.97 Å². The molecule has 0 spiro atoms. The summed E-state index contributed by atoms with van der Waals surface area (Å²) in [7, 11) is 0. The lowest BCUT2D eigenvalue weighted by Gasteiger charge is -2.50. The smallest absolute Gasteiger partial charge is 0.307 e. The fourth-order valence-electron chi connectivity index (χ4n) is 2.22. The summed E-state index contributed by atoms with van der Waals surface area (Å²) in [5.74, 6) is -0.0867. The van der Waals surface area contributed by atoms with Crippen molar-refractivity contribution in [1.82, 2.24) is 9.80 Å². The van der Waals surface area contributed by atoms with Gasteiger partial charge in [-0.05, 0) is 6.92 Å². The topological polar surface area (TPSA) is 32.8 Å². The Morgan fingerprint density at radius 1 is 1.36 bits per heavy atom. The highest BCUT2D eigenvalue weighted by atomic mass is 16.6. The van der Waals surface area contributed by atoms with Crippen LogP contribution in [0.1, 0.15) is 20.3 Å². The second-order valence-corrected chi connectivity index (χ2v) is 4.14. The number of esters is 1. The van der Waals surface area contributed by atoms with Gasteiger partial charge >= 0.3 is 5.97 Å². The number of carbonyl (C=O) groups is 1. The largest absolute Gasteiger partial charge is 0.445 e. The van der Waals surface area contributed by atoms with Crippen LogP contribution >= 0.6 is 0 Å². The number of piperazine rings is 3. The summed E-state index contributed by atoms with van der Waals surface area (Å²) in [6.45, 7) is 8.12. The number of carbonyl (C=O) groups excluding carboxylic acids is 1. The van der Waals surface area contributed by atoms with Crippen LogP contribution in [0, 0.1) is 0 Å². The lowest BCUT2D eigenvalue weighted by molar-refractivity contribution is -0.177. The predicted octanol–water partition coefficient (Wildman–Crippen LogP) is 0.285. The van der Waals surface area contributed by atoms with E-state index < -0.39 is 0 Å². The average molecular weight is 198 g/mol. The Bertz CT molecular complexity index is 232. The van der Waals surface area contributed by atoms with Gasteiger partial charge in [-0.15, -0.1) is 0 Å². The minimum atomic E-state index is -0.0867. The van der Waals surface area contributed by atoms with Crippen LogP contribution in [0.5, 0.6) is 0 Å². The first kappa shape index (κ1) is 9.93. The second-order valence-electron chi connectivity index (χ2n) is 4.14. The van der Waals surface area contributed by atoms with E-state index in [0.717, 1.165) is 26.2 Å². The summed E-state index contributed by atoms with van der Waals surface area (Å²) in [4.78, 5) is 15.8. The van der Waals surface area contributed by atoms with E-state index in [-0.39, 0.29) is 12.2 Å². The third-order valence-corrected chi connectivity index (χ3v) is 3.15. The van der Waals surface area contributed by atoms with Crippen LogP contribution in [0.3, 0.4) is 0 Å². The van der Waals surface area contributed by atoms with Gasteiger partial charge in [0.05, 0.1) is 0 Å². The van der Waals surface area contributed by atoms with Gasteiger partial charge in [0.25, 0.3) is 0 Å². The minimum Gasteiger partial charge on any atom is -0.445 e. The van der Waals surface area contributed by atoms with Crippen molar-refractivity contribution < 1.29 is 9.53 Å². The molecule has 3 saturated heterocycles. The molecule has 0 saturated carbocycles. The highest BCUT2D eigenvalue weighted by Crippen LogP contribution is 2.21. The van der Waals surface area contributed by atoms with E-state index in [1.807, 2.05) is 6.92 Å². The first-order valence-corrected chi connectivity index (χ1v) is 5.38. The number of hydrogen-bond donors (Lipinski definition) is 0. The highest BCUT2D eigenvalue weighted by Gasteiger charge is 2.37. The van der Waals surface area contributed by atoms with Gasteiger partial charge in [0.2, 0.25) is 0 Å². The fourth-order valence-corrected chi connectivity index (χ4v) is 2.22. The van der Waals surface area contributed by atoms with Gasteiger partial charge in [-0.3, -0.25) is 14.6 Å².